The molecule has 0 aromatic heterocycles. The van der Waals surface area contributed by atoms with Crippen LogP contribution in [0.1, 0.15) is 0 Å². The molecule has 8 heteroatoms. The number of carboxylic acid groups (broad SMARTS) is 2. The van der Waals surface area contributed by atoms with Gasteiger partial charge >= 0.3 is 80.3 Å². The van der Waals surface area contributed by atoms with E-state index in [4.69, 9.17) is 15.0 Å². The first-order valence-corrected chi connectivity index (χ1v) is 0.612. The monoisotopic (exact) mass is 220 g/mol. The van der Waals surface area contributed by atoms with Crippen LogP contribution in [-0.4, -0.2) is 66.9 Å². The van der Waals surface area contributed by atoms with Gasteiger partial charge in [0.15, 0.2) is 0 Å². The third-order valence-electron chi connectivity index (χ3n) is 0. The van der Waals surface area contributed by atoms with Gasteiger partial charge in [-0.25, -0.2) is 0 Å². The minimum Gasteiger partial charge on any atom is -2.00 e. The molecule has 0 aliphatic rings. The Bertz CT molecular complexity index is 39.9. The number of hydrogen-bond donors (Lipinski definition) is 0. The maximum absolute atomic E-state index is 8.33. The molecule has 0 atom stereocenters. The number of hydrogen-bond acceptors (Lipinski definition) is 3. The molecule has 0 aromatic rings. The van der Waals surface area contributed by atoms with E-state index in [0.29, 0.717) is 0 Å². The SMILES string of the molecule is O=C([O-])[O-].[Ca+2].[Mg+2].[O-2].[O-2].[Zn+2]. The van der Waals surface area contributed by atoms with Crippen LogP contribution in [0.4, 0.5) is 4.79 Å². The Morgan fingerprint density at radius 3 is 1.11 bits per heavy atom. The molecule has 5 nitrogen and oxygen atoms in total. The third kappa shape index (κ3) is 179. The van der Waals surface area contributed by atoms with E-state index in [1.165, 1.54) is 0 Å². The van der Waals surface area contributed by atoms with Gasteiger partial charge in [-0.3, -0.25) is 0 Å². The van der Waals surface area contributed by atoms with Crippen LogP contribution < -0.4 is 10.2 Å². The van der Waals surface area contributed by atoms with Crippen molar-refractivity contribution in [1.29, 1.82) is 0 Å². The van der Waals surface area contributed by atoms with Gasteiger partial charge in [0.05, 0.1) is 0 Å². The second kappa shape index (κ2) is 32.8. The fourth-order valence-electron chi connectivity index (χ4n) is 0. The van der Waals surface area contributed by atoms with E-state index in [-0.39, 0.29) is 91.2 Å². The maximum Gasteiger partial charge on any atom is 2.00 e. The molecule has 0 aromatic carbocycles. The zero-order chi connectivity index (χ0) is 3.58. The molecule has 0 bridgehead atoms. The van der Waals surface area contributed by atoms with Crippen LogP contribution >= 0.6 is 0 Å². The second-order valence-corrected chi connectivity index (χ2v) is 0.250. The van der Waals surface area contributed by atoms with Crippen LogP contribution in [0.2, 0.25) is 0 Å². The summed E-state index contributed by atoms with van der Waals surface area (Å²) in [4.78, 5) is 8.33. The Hall–Kier alpha value is 1.84. The first-order chi connectivity index (χ1) is 1.73. The summed E-state index contributed by atoms with van der Waals surface area (Å²) < 4.78 is 0. The van der Waals surface area contributed by atoms with E-state index in [9.17, 15) is 0 Å². The average Bonchev–Trinajstić information content (AvgIpc) is 0.811. The smallest absolute Gasteiger partial charge is 2.00 e. The van der Waals surface area contributed by atoms with Gasteiger partial charge in [0.1, 0.15) is 0 Å². The van der Waals surface area contributed by atoms with Gasteiger partial charge in [0.2, 0.25) is 0 Å². The van der Waals surface area contributed by atoms with Gasteiger partial charge in [-0.1, -0.05) is 0 Å². The van der Waals surface area contributed by atoms with E-state index < -0.39 is 6.16 Å². The van der Waals surface area contributed by atoms with Gasteiger partial charge in [-0.15, -0.1) is 0 Å². The van der Waals surface area contributed by atoms with Crippen molar-refractivity contribution in [2.75, 3.05) is 0 Å². The predicted molar refractivity (Wildman–Crippen MR) is 18.3 cm³/mol. The number of carbonyl (C=O) groups is 1. The zero-order valence-corrected chi connectivity index (χ0v) is 11.3. The van der Waals surface area contributed by atoms with E-state index in [0.717, 1.165) is 0 Å². The summed E-state index contributed by atoms with van der Waals surface area (Å²) in [6.07, 6.45) is -2.33. The summed E-state index contributed by atoms with van der Waals surface area (Å²) in [6, 6.07) is 0. The normalized spacial score (nSPS) is 2.67. The van der Waals surface area contributed by atoms with Gasteiger partial charge in [-0.05, 0) is 6.16 Å². The molecule has 0 unspecified atom stereocenters. The Balaban J connectivity index is -0.00000000450. The van der Waals surface area contributed by atoms with Gasteiger partial charge < -0.3 is 26.0 Å². The maximum atomic E-state index is 8.33. The Morgan fingerprint density at radius 2 is 1.11 bits per heavy atom. The molecular weight excluding hydrogens is 222 g/mol. The van der Waals surface area contributed by atoms with Crippen molar-refractivity contribution in [1.82, 2.24) is 0 Å². The summed E-state index contributed by atoms with van der Waals surface area (Å²) in [5.41, 5.74) is 0. The van der Waals surface area contributed by atoms with Crippen LogP contribution in [-0.2, 0) is 30.4 Å². The first kappa shape index (κ1) is 44.8. The van der Waals surface area contributed by atoms with Crippen LogP contribution in [0.15, 0.2) is 0 Å². The molecule has 0 saturated heterocycles. The standard InChI is InChI=1S/CH2O3.Ca.Mg.2O.Zn/c2-1(3)4;;;;;/h(H2,2,3,4);;;;;/q;2*+2;2*-2;+2/p-2. The molecule has 0 heterocycles. The van der Waals surface area contributed by atoms with Crippen LogP contribution in [0.25, 0.3) is 0 Å². The van der Waals surface area contributed by atoms with Crippen molar-refractivity contribution >= 4 is 66.9 Å². The van der Waals surface area contributed by atoms with E-state index in [1.807, 2.05) is 0 Å². The minimum atomic E-state index is -2.33. The summed E-state index contributed by atoms with van der Waals surface area (Å²) in [7, 11) is 0. The van der Waals surface area contributed by atoms with Crippen molar-refractivity contribution in [3.8, 4) is 0 Å². The Morgan fingerprint density at radius 1 is 1.11 bits per heavy atom. The number of carbonyl (C=O) groups excluding carboxylic acids is 1. The van der Waals surface area contributed by atoms with Crippen molar-refractivity contribution in [2.45, 2.75) is 0 Å². The van der Waals surface area contributed by atoms with Crippen molar-refractivity contribution in [3.63, 3.8) is 0 Å². The summed E-state index contributed by atoms with van der Waals surface area (Å²) in [5.74, 6) is 0. The minimum absolute atomic E-state index is 0. The molecule has 40 valence electrons. The summed E-state index contributed by atoms with van der Waals surface area (Å²) in [6.45, 7) is 0. The van der Waals surface area contributed by atoms with E-state index in [1.54, 1.807) is 0 Å². The Kier molecular flexibility index (Phi) is 163. The topological polar surface area (TPSA) is 120 Å². The van der Waals surface area contributed by atoms with Crippen LogP contribution in [0.5, 0.6) is 0 Å². The predicted octanol–water partition coefficient (Wildman–Crippen LogP) is -3.45. The van der Waals surface area contributed by atoms with Crippen molar-refractivity contribution in [2.24, 2.45) is 0 Å². The van der Waals surface area contributed by atoms with Gasteiger partial charge in [0.25, 0.3) is 0 Å². The average molecular weight is 222 g/mol. The number of rotatable bonds is 0. The zero-order valence-electron chi connectivity index (χ0n) is 4.66. The third-order valence-corrected chi connectivity index (χ3v) is 0. The Labute approximate surface area is 111 Å². The van der Waals surface area contributed by atoms with Crippen molar-refractivity contribution in [3.05, 3.63) is 0 Å². The van der Waals surface area contributed by atoms with E-state index >= 15 is 0 Å². The van der Waals surface area contributed by atoms with Crippen molar-refractivity contribution < 1.29 is 45.4 Å². The van der Waals surface area contributed by atoms with Crippen LogP contribution in [0.3, 0.4) is 0 Å². The quantitative estimate of drug-likeness (QED) is 0.396. The molecule has 0 fully saturated rings. The molecule has 0 saturated carbocycles. The molecule has 0 aliphatic carbocycles. The molecule has 0 rings (SSSR count). The summed E-state index contributed by atoms with van der Waals surface area (Å²) in [5, 5.41) is 16.7. The largest absolute Gasteiger partial charge is 2.00 e. The first-order valence-electron chi connectivity index (χ1n) is 0.612. The van der Waals surface area contributed by atoms with E-state index in [2.05, 4.69) is 0 Å². The molecule has 0 N–H and O–H groups in total. The molecule has 0 spiro atoms. The fourth-order valence-corrected chi connectivity index (χ4v) is 0. The fraction of sp³-hybridized carbons (Fsp3) is 0. The molecule has 0 aliphatic heterocycles. The molecule has 0 radical (unpaired) electrons. The summed E-state index contributed by atoms with van der Waals surface area (Å²) >= 11 is 0. The van der Waals surface area contributed by atoms with Crippen LogP contribution in [0, 0.1) is 0 Å². The van der Waals surface area contributed by atoms with Gasteiger partial charge in [-0.2, -0.15) is 0 Å². The van der Waals surface area contributed by atoms with Gasteiger partial charge in [0, 0.05) is 0 Å². The molecular formula is CCaMgO5Zn. The molecule has 0 amide bonds. The second-order valence-electron chi connectivity index (χ2n) is 0.250. The molecule has 9 heavy (non-hydrogen) atoms.